The summed E-state index contributed by atoms with van der Waals surface area (Å²) in [7, 11) is -2.89. The third kappa shape index (κ3) is 2.09. The van der Waals surface area contributed by atoms with Crippen LogP contribution in [0.4, 0.5) is 5.69 Å². The van der Waals surface area contributed by atoms with E-state index in [-0.39, 0.29) is 10.6 Å². The van der Waals surface area contributed by atoms with E-state index in [9.17, 15) is 14.3 Å². The van der Waals surface area contributed by atoms with Crippen LogP contribution >= 0.6 is 0 Å². The molecule has 0 spiro atoms. The van der Waals surface area contributed by atoms with Crippen molar-refractivity contribution in [1.82, 2.24) is 0 Å². The molecule has 5 nitrogen and oxygen atoms in total. The Kier molecular flexibility index (Phi) is 2.59. The van der Waals surface area contributed by atoms with Crippen LogP contribution in [0.5, 0.6) is 0 Å². The van der Waals surface area contributed by atoms with Crippen LogP contribution in [0.2, 0.25) is 0 Å². The lowest BCUT2D eigenvalue weighted by molar-refractivity contribution is -0.385. The average Bonchev–Trinajstić information content (AvgIpc) is 2.02. The predicted molar refractivity (Wildman–Crippen MR) is 55.6 cm³/mol. The molecule has 0 heterocycles. The number of hydrogen-bond donors (Lipinski definition) is 1. The minimum Gasteiger partial charge on any atom is -0.258 e. The molecule has 0 bridgehead atoms. The normalized spacial score (nSPS) is 14.7. The first kappa shape index (κ1) is 10.7. The number of benzene rings is 1. The van der Waals surface area contributed by atoms with Gasteiger partial charge in [-0.05, 0) is 18.4 Å². The number of nitrogens with zero attached hydrogens (tertiary/aromatic N) is 1. The van der Waals surface area contributed by atoms with Gasteiger partial charge in [0.1, 0.15) is 0 Å². The Morgan fingerprint density at radius 1 is 1.57 bits per heavy atom. The number of aryl methyl sites for hydroxylation is 1. The molecule has 1 unspecified atom stereocenters. The zero-order chi connectivity index (χ0) is 10.9. The fourth-order valence-electron chi connectivity index (χ4n) is 1.07. The molecule has 14 heavy (non-hydrogen) atoms. The van der Waals surface area contributed by atoms with Crippen molar-refractivity contribution in [3.05, 3.63) is 33.9 Å². The van der Waals surface area contributed by atoms with Gasteiger partial charge in [0.2, 0.25) is 0 Å². The molecule has 2 N–H and O–H groups in total. The van der Waals surface area contributed by atoms with Crippen LogP contribution in [0, 0.1) is 17.0 Å². The molecule has 0 aliphatic heterocycles. The smallest absolute Gasteiger partial charge is 0.258 e. The predicted octanol–water partition coefficient (Wildman–Crippen LogP) is 0.852. The first-order valence-corrected chi connectivity index (χ1v) is 5.51. The molecule has 0 aliphatic carbocycles. The molecule has 0 saturated carbocycles. The van der Waals surface area contributed by atoms with E-state index in [1.165, 1.54) is 18.2 Å². The number of nitro benzene ring substituents is 1. The first-order valence-electron chi connectivity index (χ1n) is 3.72. The van der Waals surface area contributed by atoms with Crippen LogP contribution in [-0.4, -0.2) is 15.0 Å². The van der Waals surface area contributed by atoms with Gasteiger partial charge in [0, 0.05) is 12.1 Å². The van der Waals surface area contributed by atoms with Crippen molar-refractivity contribution < 1.29 is 9.13 Å². The fraction of sp³-hybridized carbons (Fsp3) is 0.125. The summed E-state index contributed by atoms with van der Waals surface area (Å²) in [4.78, 5) is 10.1. The largest absolute Gasteiger partial charge is 0.270 e. The molecule has 0 radical (unpaired) electrons. The van der Waals surface area contributed by atoms with Gasteiger partial charge in [0.05, 0.1) is 19.5 Å². The summed E-state index contributed by atoms with van der Waals surface area (Å²) in [6, 6.07) is 4.04. The van der Waals surface area contributed by atoms with E-state index < -0.39 is 14.6 Å². The van der Waals surface area contributed by atoms with Crippen LogP contribution < -0.4 is 5.14 Å². The highest BCUT2D eigenvalue weighted by atomic mass is 32.2. The third-order valence-corrected chi connectivity index (χ3v) is 2.94. The van der Waals surface area contributed by atoms with Crippen molar-refractivity contribution >= 4 is 21.3 Å². The molecule has 0 aliphatic rings. The second-order valence-electron chi connectivity index (χ2n) is 2.93. The maximum Gasteiger partial charge on any atom is 0.270 e. The highest BCUT2D eigenvalue weighted by Gasteiger charge is 2.12. The Morgan fingerprint density at radius 2 is 2.14 bits per heavy atom. The van der Waals surface area contributed by atoms with E-state index in [0.29, 0.717) is 5.56 Å². The molecule has 76 valence electrons. The summed E-state index contributed by atoms with van der Waals surface area (Å²) in [5, 5.41) is 15.8. The van der Waals surface area contributed by atoms with Gasteiger partial charge in [0.25, 0.3) is 5.69 Å². The van der Waals surface area contributed by atoms with Gasteiger partial charge in [0.15, 0.2) is 0 Å². The monoisotopic (exact) mass is 214 g/mol. The molecule has 0 amide bonds. The van der Waals surface area contributed by atoms with Gasteiger partial charge in [-0.2, -0.15) is 0 Å². The number of rotatable bonds is 2. The van der Waals surface area contributed by atoms with Gasteiger partial charge in [-0.25, -0.2) is 4.21 Å². The molecule has 6 heteroatoms. The summed E-state index contributed by atoms with van der Waals surface area (Å²) in [6.45, 7) is 1.68. The third-order valence-electron chi connectivity index (χ3n) is 1.75. The maximum atomic E-state index is 11.4. The Hall–Kier alpha value is -1.40. The van der Waals surface area contributed by atoms with Gasteiger partial charge >= 0.3 is 0 Å². The Balaban J connectivity index is 3.44. The maximum absolute atomic E-state index is 11.4. The quantitative estimate of drug-likeness (QED) is 0.450. The van der Waals surface area contributed by atoms with E-state index in [0.717, 1.165) is 0 Å². The summed E-state index contributed by atoms with van der Waals surface area (Å²) < 4.78 is 11.4. The molecule has 0 fully saturated rings. The minimum atomic E-state index is -2.89. The number of nitrogens with two attached hydrogens (primary N) is 1. The zero-order valence-corrected chi connectivity index (χ0v) is 8.41. The van der Waals surface area contributed by atoms with Crippen LogP contribution in [0.3, 0.4) is 0 Å². The molecular weight excluding hydrogens is 204 g/mol. The Morgan fingerprint density at radius 3 is 2.57 bits per heavy atom. The molecule has 1 rings (SSSR count). The molecular formula is C8H10N2O3S. The lowest BCUT2D eigenvalue weighted by atomic mass is 10.2. The summed E-state index contributed by atoms with van der Waals surface area (Å²) >= 11 is 0. The Labute approximate surface area is 81.8 Å². The summed E-state index contributed by atoms with van der Waals surface area (Å²) in [5.74, 6) is 3.28. The van der Waals surface area contributed by atoms with Gasteiger partial charge in [-0.3, -0.25) is 15.3 Å². The average molecular weight is 214 g/mol. The molecule has 0 aromatic heterocycles. The van der Waals surface area contributed by atoms with E-state index >= 15 is 0 Å². The molecule has 1 aromatic rings. The van der Waals surface area contributed by atoms with Crippen molar-refractivity contribution in [1.29, 1.82) is 0 Å². The zero-order valence-electron chi connectivity index (χ0n) is 7.60. The fourth-order valence-corrected chi connectivity index (χ4v) is 2.01. The standard InChI is InChI=1S/C8H10N2O3S/c1-6-3-4-7(10(11)12)5-8(6)14(2,9)13/h3-5H,2H2,1H3,(H2,9,13). The van der Waals surface area contributed by atoms with Crippen LogP contribution in [0.25, 0.3) is 0 Å². The van der Waals surface area contributed by atoms with Crippen LogP contribution in [-0.2, 0) is 9.71 Å². The minimum absolute atomic E-state index is 0.132. The van der Waals surface area contributed by atoms with Crippen molar-refractivity contribution in [2.45, 2.75) is 11.8 Å². The van der Waals surface area contributed by atoms with Crippen molar-refractivity contribution in [3.8, 4) is 0 Å². The van der Waals surface area contributed by atoms with Crippen molar-refractivity contribution in [3.63, 3.8) is 0 Å². The van der Waals surface area contributed by atoms with Crippen LogP contribution in [0.15, 0.2) is 23.1 Å². The van der Waals surface area contributed by atoms with E-state index in [1.807, 2.05) is 0 Å². The number of non-ortho nitro benzene ring substituents is 1. The number of hydrogen-bond acceptors (Lipinski definition) is 3. The van der Waals surface area contributed by atoms with Gasteiger partial charge < -0.3 is 0 Å². The van der Waals surface area contributed by atoms with Crippen molar-refractivity contribution in [2.75, 3.05) is 0 Å². The lowest BCUT2D eigenvalue weighted by Crippen LogP contribution is -2.13. The second-order valence-corrected chi connectivity index (χ2v) is 4.83. The Bertz CT molecular complexity index is 479. The lowest BCUT2D eigenvalue weighted by Gasteiger charge is -2.05. The highest BCUT2D eigenvalue weighted by Crippen LogP contribution is 2.20. The highest BCUT2D eigenvalue weighted by molar-refractivity contribution is 7.98. The molecule has 1 atom stereocenters. The topological polar surface area (TPSA) is 86.2 Å². The first-order chi connectivity index (χ1) is 6.32. The SMILES string of the molecule is C=S(N)(=O)c1cc([N+](=O)[O-])ccc1C. The second kappa shape index (κ2) is 3.39. The molecule has 1 aromatic carbocycles. The van der Waals surface area contributed by atoms with Gasteiger partial charge in [-0.1, -0.05) is 6.07 Å². The van der Waals surface area contributed by atoms with Gasteiger partial charge in [-0.15, -0.1) is 0 Å². The summed E-state index contributed by atoms with van der Waals surface area (Å²) in [5.41, 5.74) is 0.505. The van der Waals surface area contributed by atoms with E-state index in [4.69, 9.17) is 5.14 Å². The van der Waals surface area contributed by atoms with Crippen molar-refractivity contribution in [2.24, 2.45) is 5.14 Å². The molecule has 0 saturated heterocycles. The van der Waals surface area contributed by atoms with Crippen LogP contribution in [0.1, 0.15) is 5.56 Å². The summed E-state index contributed by atoms with van der Waals surface area (Å²) in [6.07, 6.45) is 0. The number of nitro groups is 1. The van der Waals surface area contributed by atoms with E-state index in [1.54, 1.807) is 6.92 Å². The van der Waals surface area contributed by atoms with E-state index in [2.05, 4.69) is 5.87 Å².